The number of benzene rings is 2. The molecule has 1 aliphatic heterocycles. The second-order valence-corrected chi connectivity index (χ2v) is 8.36. The lowest BCUT2D eigenvalue weighted by Crippen LogP contribution is -2.46. The van der Waals surface area contributed by atoms with E-state index in [0.29, 0.717) is 17.0 Å². The molecule has 174 valence electrons. The number of piperazine rings is 1. The molecule has 5 rings (SSSR count). The Balaban J connectivity index is 1.62. The Morgan fingerprint density at radius 1 is 0.941 bits per heavy atom. The van der Waals surface area contributed by atoms with Crippen molar-refractivity contribution in [2.45, 2.75) is 13.0 Å². The van der Waals surface area contributed by atoms with Crippen LogP contribution >= 0.6 is 0 Å². The van der Waals surface area contributed by atoms with E-state index in [1.807, 2.05) is 30.3 Å². The van der Waals surface area contributed by atoms with Crippen molar-refractivity contribution in [1.82, 2.24) is 20.3 Å². The summed E-state index contributed by atoms with van der Waals surface area (Å²) in [7, 11) is 3.25. The molecule has 4 aromatic rings. The first-order chi connectivity index (χ1) is 16.6. The Morgan fingerprint density at radius 3 is 2.50 bits per heavy atom. The predicted molar refractivity (Wildman–Crippen MR) is 134 cm³/mol. The van der Waals surface area contributed by atoms with Crippen molar-refractivity contribution >= 4 is 22.8 Å². The van der Waals surface area contributed by atoms with Crippen molar-refractivity contribution in [1.29, 1.82) is 0 Å². The van der Waals surface area contributed by atoms with Crippen molar-refractivity contribution in [3.8, 4) is 22.8 Å². The quantitative estimate of drug-likeness (QED) is 0.469. The van der Waals surface area contributed by atoms with Gasteiger partial charge in [0, 0.05) is 25.2 Å². The Labute approximate surface area is 198 Å². The van der Waals surface area contributed by atoms with Gasteiger partial charge in [0.2, 0.25) is 5.95 Å². The summed E-state index contributed by atoms with van der Waals surface area (Å²) in [5, 5.41) is 3.51. The molecule has 3 heterocycles. The van der Waals surface area contributed by atoms with Gasteiger partial charge in [0.05, 0.1) is 31.5 Å². The van der Waals surface area contributed by atoms with Gasteiger partial charge < -0.3 is 25.4 Å². The number of nitrogens with two attached hydrogens (primary N) is 1. The molecular formula is C26H28N6O2. The maximum atomic E-state index is 6.13. The molecule has 0 aliphatic carbocycles. The number of aromatic nitrogens is 3. The third-order valence-electron chi connectivity index (χ3n) is 6.20. The van der Waals surface area contributed by atoms with Crippen LogP contribution in [0.2, 0.25) is 0 Å². The average Bonchev–Trinajstić information content (AvgIpc) is 2.88. The van der Waals surface area contributed by atoms with Crippen LogP contribution in [0.15, 0.2) is 54.6 Å². The third-order valence-corrected chi connectivity index (χ3v) is 6.20. The van der Waals surface area contributed by atoms with Crippen LogP contribution in [-0.4, -0.2) is 48.8 Å². The maximum Gasteiger partial charge on any atom is 0.222 e. The zero-order valence-corrected chi connectivity index (χ0v) is 19.6. The Bertz CT molecular complexity index is 1330. The van der Waals surface area contributed by atoms with Gasteiger partial charge in [0.1, 0.15) is 5.52 Å². The lowest BCUT2D eigenvalue weighted by Gasteiger charge is -2.37. The van der Waals surface area contributed by atoms with Crippen LogP contribution in [0.25, 0.3) is 22.3 Å². The number of hydrogen-bond donors (Lipinski definition) is 2. The molecule has 8 heteroatoms. The number of nitrogens with zero attached hydrogens (tertiary/aromatic N) is 4. The van der Waals surface area contributed by atoms with Crippen LogP contribution in [0.1, 0.15) is 17.2 Å². The van der Waals surface area contributed by atoms with Crippen molar-refractivity contribution in [3.63, 3.8) is 0 Å². The zero-order chi connectivity index (χ0) is 23.7. The first-order valence-corrected chi connectivity index (χ1v) is 11.3. The van der Waals surface area contributed by atoms with Crippen LogP contribution in [0.3, 0.4) is 0 Å². The third kappa shape index (κ3) is 4.08. The summed E-state index contributed by atoms with van der Waals surface area (Å²) in [6, 6.07) is 18.4. The summed E-state index contributed by atoms with van der Waals surface area (Å²) in [6.45, 7) is 4.54. The number of hydrogen-bond acceptors (Lipinski definition) is 8. The summed E-state index contributed by atoms with van der Waals surface area (Å²) < 4.78 is 10.9. The van der Waals surface area contributed by atoms with Crippen LogP contribution in [0.4, 0.5) is 11.8 Å². The number of pyridine rings is 1. The molecule has 0 bridgehead atoms. The molecule has 1 unspecified atom stereocenters. The maximum absolute atomic E-state index is 6.13. The molecule has 8 nitrogen and oxygen atoms in total. The van der Waals surface area contributed by atoms with E-state index in [-0.39, 0.29) is 12.0 Å². The molecule has 1 aliphatic rings. The average molecular weight is 457 g/mol. The largest absolute Gasteiger partial charge is 0.493 e. The Morgan fingerprint density at radius 2 is 1.74 bits per heavy atom. The number of nitrogen functional groups attached to an aromatic ring is 1. The SMILES string of the molecule is COc1ccc(-c2ccc3nc(N)nc(N4CCNCC4c4ccc(C)cc4)c3n2)cc1OC. The van der Waals surface area contributed by atoms with Gasteiger partial charge in [-0.1, -0.05) is 29.8 Å². The molecule has 2 aromatic carbocycles. The second kappa shape index (κ2) is 9.15. The predicted octanol–water partition coefficient (Wildman–Crippen LogP) is 3.75. The summed E-state index contributed by atoms with van der Waals surface area (Å²) in [4.78, 5) is 16.4. The van der Waals surface area contributed by atoms with E-state index in [2.05, 4.69) is 51.4 Å². The normalized spacial score (nSPS) is 16.0. The highest BCUT2D eigenvalue weighted by Gasteiger charge is 2.27. The van der Waals surface area contributed by atoms with E-state index >= 15 is 0 Å². The van der Waals surface area contributed by atoms with Gasteiger partial charge in [0.15, 0.2) is 17.3 Å². The van der Waals surface area contributed by atoms with E-state index in [9.17, 15) is 0 Å². The minimum atomic E-state index is 0.110. The Kier molecular flexibility index (Phi) is 5.90. The molecular weight excluding hydrogens is 428 g/mol. The van der Waals surface area contributed by atoms with Crippen molar-refractivity contribution in [2.24, 2.45) is 0 Å². The molecule has 2 aromatic heterocycles. The monoisotopic (exact) mass is 456 g/mol. The van der Waals surface area contributed by atoms with Gasteiger partial charge in [0.25, 0.3) is 0 Å². The molecule has 0 radical (unpaired) electrons. The van der Waals surface area contributed by atoms with Gasteiger partial charge in [-0.25, -0.2) is 9.97 Å². The van der Waals surface area contributed by atoms with Crippen LogP contribution in [-0.2, 0) is 0 Å². The Hall–Kier alpha value is -3.91. The minimum absolute atomic E-state index is 0.110. The fraction of sp³-hybridized carbons (Fsp3) is 0.269. The number of nitrogens with one attached hydrogen (secondary N) is 1. The van der Waals surface area contributed by atoms with Crippen molar-refractivity contribution < 1.29 is 9.47 Å². The van der Waals surface area contributed by atoms with E-state index in [4.69, 9.17) is 20.2 Å². The van der Waals surface area contributed by atoms with Crippen LogP contribution in [0.5, 0.6) is 11.5 Å². The molecule has 1 atom stereocenters. The first-order valence-electron chi connectivity index (χ1n) is 11.3. The smallest absolute Gasteiger partial charge is 0.222 e. The number of fused-ring (bicyclic) bond motifs is 1. The standard InChI is InChI=1S/C26H28N6O2/c1-16-4-6-17(7-5-16)21-15-28-12-13-32(21)25-24-20(30-26(27)31-25)10-9-19(29-24)18-8-11-22(33-2)23(14-18)34-3/h4-11,14,21,28H,12-13,15H2,1-3H3,(H2,27,30,31). The highest BCUT2D eigenvalue weighted by Crippen LogP contribution is 2.35. The molecule has 0 amide bonds. The molecule has 1 saturated heterocycles. The second-order valence-electron chi connectivity index (χ2n) is 8.36. The number of aryl methyl sites for hydroxylation is 1. The summed E-state index contributed by atoms with van der Waals surface area (Å²) in [6.07, 6.45) is 0. The lowest BCUT2D eigenvalue weighted by molar-refractivity contribution is 0.355. The van der Waals surface area contributed by atoms with Gasteiger partial charge in [-0.2, -0.15) is 4.98 Å². The molecule has 34 heavy (non-hydrogen) atoms. The van der Waals surface area contributed by atoms with Gasteiger partial charge >= 0.3 is 0 Å². The lowest BCUT2D eigenvalue weighted by atomic mass is 10.0. The van der Waals surface area contributed by atoms with E-state index in [1.54, 1.807) is 14.2 Å². The van der Waals surface area contributed by atoms with E-state index < -0.39 is 0 Å². The number of anilines is 2. The van der Waals surface area contributed by atoms with Crippen molar-refractivity contribution in [3.05, 3.63) is 65.7 Å². The molecule has 0 saturated carbocycles. The first kappa shape index (κ1) is 21.9. The minimum Gasteiger partial charge on any atom is -0.493 e. The number of methoxy groups -OCH3 is 2. The zero-order valence-electron chi connectivity index (χ0n) is 19.6. The van der Waals surface area contributed by atoms with Crippen LogP contribution < -0.4 is 25.4 Å². The fourth-order valence-corrected chi connectivity index (χ4v) is 4.42. The highest BCUT2D eigenvalue weighted by atomic mass is 16.5. The van der Waals surface area contributed by atoms with Gasteiger partial charge in [-0.05, 0) is 42.8 Å². The molecule has 0 spiro atoms. The molecule has 3 N–H and O–H groups in total. The van der Waals surface area contributed by atoms with E-state index in [1.165, 1.54) is 11.1 Å². The van der Waals surface area contributed by atoms with Crippen molar-refractivity contribution in [2.75, 3.05) is 44.5 Å². The van der Waals surface area contributed by atoms with E-state index in [0.717, 1.165) is 42.2 Å². The van der Waals surface area contributed by atoms with Gasteiger partial charge in [-0.3, -0.25) is 0 Å². The topological polar surface area (TPSA) is 98.4 Å². The summed E-state index contributed by atoms with van der Waals surface area (Å²) in [5.41, 5.74) is 11.7. The summed E-state index contributed by atoms with van der Waals surface area (Å²) >= 11 is 0. The number of ether oxygens (including phenoxy) is 2. The van der Waals surface area contributed by atoms with Crippen LogP contribution in [0, 0.1) is 6.92 Å². The summed E-state index contributed by atoms with van der Waals surface area (Å²) in [5.74, 6) is 2.31. The highest BCUT2D eigenvalue weighted by molar-refractivity contribution is 5.89. The fourth-order valence-electron chi connectivity index (χ4n) is 4.42. The number of rotatable bonds is 5. The van der Waals surface area contributed by atoms with Gasteiger partial charge in [-0.15, -0.1) is 0 Å². The molecule has 1 fully saturated rings.